The molecule has 1 rings (SSSR count). The van der Waals surface area contributed by atoms with Gasteiger partial charge in [-0.1, -0.05) is 20.3 Å². The molecule has 1 unspecified atom stereocenters. The molecule has 0 aromatic rings. The first-order valence-corrected chi connectivity index (χ1v) is 6.02. The van der Waals surface area contributed by atoms with Crippen LogP contribution in [-0.4, -0.2) is 49.6 Å². The van der Waals surface area contributed by atoms with Crippen LogP contribution in [0.5, 0.6) is 0 Å². The summed E-state index contributed by atoms with van der Waals surface area (Å²) in [5.74, 6) is 0.867. The molecule has 2 heteroatoms. The predicted octanol–water partition coefficient (Wildman–Crippen LogP) is 2.06. The second-order valence-corrected chi connectivity index (χ2v) is 5.01. The van der Waals surface area contributed by atoms with E-state index in [0.29, 0.717) is 0 Å². The molecule has 1 aliphatic heterocycles. The van der Waals surface area contributed by atoms with Crippen LogP contribution in [0, 0.1) is 5.92 Å². The van der Waals surface area contributed by atoms with E-state index < -0.39 is 0 Å². The molecular formula is C12H26N2. The molecule has 2 nitrogen and oxygen atoms in total. The zero-order chi connectivity index (χ0) is 10.6. The van der Waals surface area contributed by atoms with Gasteiger partial charge in [0.15, 0.2) is 0 Å². The lowest BCUT2D eigenvalue weighted by molar-refractivity contribution is 0.131. The fourth-order valence-corrected chi connectivity index (χ4v) is 2.19. The predicted molar refractivity (Wildman–Crippen MR) is 62.6 cm³/mol. The lowest BCUT2D eigenvalue weighted by atomic mass is 10.0. The highest BCUT2D eigenvalue weighted by Gasteiger charge is 2.20. The maximum absolute atomic E-state index is 2.63. The Morgan fingerprint density at radius 3 is 2.29 bits per heavy atom. The number of likely N-dealkylation sites (tertiary alicyclic amines) is 1. The number of rotatable bonds is 4. The summed E-state index contributed by atoms with van der Waals surface area (Å²) >= 11 is 0. The van der Waals surface area contributed by atoms with Crippen molar-refractivity contribution in [3.8, 4) is 0 Å². The largest absolute Gasteiger partial charge is 0.306 e. The first-order chi connectivity index (χ1) is 6.63. The Bertz CT molecular complexity index is 148. The summed E-state index contributed by atoms with van der Waals surface area (Å²) in [6.45, 7) is 8.55. The van der Waals surface area contributed by atoms with Gasteiger partial charge in [-0.25, -0.2) is 0 Å². The molecule has 0 saturated carbocycles. The zero-order valence-electron chi connectivity index (χ0n) is 10.3. The van der Waals surface area contributed by atoms with Crippen LogP contribution < -0.4 is 0 Å². The number of piperidine rings is 1. The van der Waals surface area contributed by atoms with E-state index >= 15 is 0 Å². The summed E-state index contributed by atoms with van der Waals surface area (Å²) < 4.78 is 0. The third-order valence-electron chi connectivity index (χ3n) is 3.55. The van der Waals surface area contributed by atoms with Gasteiger partial charge in [-0.3, -0.25) is 0 Å². The van der Waals surface area contributed by atoms with Gasteiger partial charge in [0.05, 0.1) is 0 Å². The first kappa shape index (κ1) is 12.0. The summed E-state index contributed by atoms with van der Waals surface area (Å²) in [5, 5.41) is 0. The molecule has 0 amide bonds. The van der Waals surface area contributed by atoms with E-state index in [2.05, 4.69) is 37.7 Å². The van der Waals surface area contributed by atoms with Gasteiger partial charge >= 0.3 is 0 Å². The van der Waals surface area contributed by atoms with Crippen molar-refractivity contribution in [3.63, 3.8) is 0 Å². The van der Waals surface area contributed by atoms with Gasteiger partial charge in [-0.15, -0.1) is 0 Å². The normalized spacial score (nSPS) is 22.9. The SMILES string of the molecule is CCC(C)CN1CCC(N(C)C)CC1. The first-order valence-electron chi connectivity index (χ1n) is 6.02. The second kappa shape index (κ2) is 5.72. The molecule has 1 atom stereocenters. The van der Waals surface area contributed by atoms with Crippen LogP contribution in [-0.2, 0) is 0 Å². The average Bonchev–Trinajstić information content (AvgIpc) is 2.18. The van der Waals surface area contributed by atoms with Crippen molar-refractivity contribution < 1.29 is 0 Å². The molecule has 14 heavy (non-hydrogen) atoms. The smallest absolute Gasteiger partial charge is 0.0113 e. The topological polar surface area (TPSA) is 6.48 Å². The highest BCUT2D eigenvalue weighted by molar-refractivity contribution is 4.77. The summed E-state index contributed by atoms with van der Waals surface area (Å²) in [6, 6.07) is 0.822. The van der Waals surface area contributed by atoms with E-state index in [0.717, 1.165) is 12.0 Å². The molecule has 84 valence electrons. The molecule has 0 aromatic carbocycles. The van der Waals surface area contributed by atoms with Crippen molar-refractivity contribution in [2.45, 2.75) is 39.2 Å². The van der Waals surface area contributed by atoms with Crippen LogP contribution in [0.4, 0.5) is 0 Å². The second-order valence-electron chi connectivity index (χ2n) is 5.01. The van der Waals surface area contributed by atoms with E-state index in [1.54, 1.807) is 0 Å². The van der Waals surface area contributed by atoms with E-state index in [-0.39, 0.29) is 0 Å². The molecule has 0 spiro atoms. The van der Waals surface area contributed by atoms with Gasteiger partial charge in [-0.2, -0.15) is 0 Å². The molecule has 0 aromatic heterocycles. The van der Waals surface area contributed by atoms with E-state index in [1.807, 2.05) is 0 Å². The standard InChI is InChI=1S/C12H26N2/c1-5-11(2)10-14-8-6-12(7-9-14)13(3)4/h11-12H,5-10H2,1-4H3. The number of hydrogen-bond acceptors (Lipinski definition) is 2. The third kappa shape index (κ3) is 3.58. The number of nitrogens with zero attached hydrogens (tertiary/aromatic N) is 2. The van der Waals surface area contributed by atoms with Crippen molar-refractivity contribution in [1.82, 2.24) is 9.80 Å². The van der Waals surface area contributed by atoms with Gasteiger partial charge in [-0.05, 0) is 45.9 Å². The molecule has 1 aliphatic rings. The molecule has 0 bridgehead atoms. The van der Waals surface area contributed by atoms with Crippen molar-refractivity contribution >= 4 is 0 Å². The van der Waals surface area contributed by atoms with Gasteiger partial charge in [0, 0.05) is 12.6 Å². The summed E-state index contributed by atoms with van der Waals surface area (Å²) in [4.78, 5) is 5.01. The minimum atomic E-state index is 0.822. The quantitative estimate of drug-likeness (QED) is 0.682. The van der Waals surface area contributed by atoms with Crippen LogP contribution >= 0.6 is 0 Å². The van der Waals surface area contributed by atoms with E-state index in [1.165, 1.54) is 38.9 Å². The monoisotopic (exact) mass is 198 g/mol. The van der Waals surface area contributed by atoms with Crippen molar-refractivity contribution in [3.05, 3.63) is 0 Å². The van der Waals surface area contributed by atoms with Gasteiger partial charge < -0.3 is 9.80 Å². The Kier molecular flexibility index (Phi) is 4.90. The van der Waals surface area contributed by atoms with Crippen molar-refractivity contribution in [2.75, 3.05) is 33.7 Å². The van der Waals surface area contributed by atoms with Crippen LogP contribution in [0.1, 0.15) is 33.1 Å². The minimum Gasteiger partial charge on any atom is -0.306 e. The van der Waals surface area contributed by atoms with E-state index in [4.69, 9.17) is 0 Å². The summed E-state index contributed by atoms with van der Waals surface area (Å²) in [7, 11) is 4.41. The summed E-state index contributed by atoms with van der Waals surface area (Å²) in [6.07, 6.45) is 4.01. The van der Waals surface area contributed by atoms with Crippen LogP contribution in [0.25, 0.3) is 0 Å². The molecule has 0 N–H and O–H groups in total. The fourth-order valence-electron chi connectivity index (χ4n) is 2.19. The molecule has 0 radical (unpaired) electrons. The lowest BCUT2D eigenvalue weighted by Crippen LogP contribution is -2.43. The molecule has 0 aliphatic carbocycles. The van der Waals surface area contributed by atoms with Gasteiger partial charge in [0.2, 0.25) is 0 Å². The fraction of sp³-hybridized carbons (Fsp3) is 1.00. The average molecular weight is 198 g/mol. The third-order valence-corrected chi connectivity index (χ3v) is 3.55. The maximum atomic E-state index is 2.63. The Labute approximate surface area is 89.3 Å². The molecule has 1 fully saturated rings. The Morgan fingerprint density at radius 1 is 1.29 bits per heavy atom. The molecular weight excluding hydrogens is 172 g/mol. The Balaban J connectivity index is 2.22. The highest BCUT2D eigenvalue weighted by atomic mass is 15.2. The van der Waals surface area contributed by atoms with Crippen molar-refractivity contribution in [2.24, 2.45) is 5.92 Å². The summed E-state index contributed by atoms with van der Waals surface area (Å²) in [5.41, 5.74) is 0. The molecule has 1 heterocycles. The van der Waals surface area contributed by atoms with Crippen molar-refractivity contribution in [1.29, 1.82) is 0 Å². The minimum absolute atomic E-state index is 0.822. The van der Waals surface area contributed by atoms with Crippen LogP contribution in [0.2, 0.25) is 0 Å². The lowest BCUT2D eigenvalue weighted by Gasteiger charge is -2.36. The van der Waals surface area contributed by atoms with Crippen LogP contribution in [0.15, 0.2) is 0 Å². The maximum Gasteiger partial charge on any atom is 0.0113 e. The Hall–Kier alpha value is -0.0800. The highest BCUT2D eigenvalue weighted by Crippen LogP contribution is 2.15. The van der Waals surface area contributed by atoms with E-state index in [9.17, 15) is 0 Å². The van der Waals surface area contributed by atoms with Crippen LogP contribution in [0.3, 0.4) is 0 Å². The van der Waals surface area contributed by atoms with Gasteiger partial charge in [0.1, 0.15) is 0 Å². The van der Waals surface area contributed by atoms with Gasteiger partial charge in [0.25, 0.3) is 0 Å². The zero-order valence-corrected chi connectivity index (χ0v) is 10.3. The molecule has 1 saturated heterocycles. The number of hydrogen-bond donors (Lipinski definition) is 0. The Morgan fingerprint density at radius 2 is 1.86 bits per heavy atom.